The number of benzene rings is 4. The zero-order valence-corrected chi connectivity index (χ0v) is 30.4. The standard InChI is InChI=1S/C41H38BrNO9/c1-3-50-36(45)35-40(38(47)51-25-28-15-9-5-10-16-28,39(48)52-26-29-17-11-6-12-18-29)23-30(21-34(44)49-2)41(35)32-22-31(42)19-20-33(32)43(37(41)46)24-27-13-7-4-8-14-27/h4-20,22,30,35H,3,21,23-26H2,1-2H3/t30-,35+,41-/m0/s1. The third kappa shape index (κ3) is 6.61. The SMILES string of the molecule is CCOC(=O)[C@@H]1C(C(=O)OCc2ccccc2)(C(=O)OCc2ccccc2)C[C@H](CC(=O)OC)[C@@]12C(=O)N(Cc1ccccc1)c1ccc(Br)cc12. The van der Waals surface area contributed by atoms with Crippen molar-refractivity contribution in [2.75, 3.05) is 18.6 Å². The molecule has 1 spiro atoms. The summed E-state index contributed by atoms with van der Waals surface area (Å²) < 4.78 is 23.2. The number of nitrogens with zero attached hydrogens (tertiary/aromatic N) is 1. The van der Waals surface area contributed by atoms with Gasteiger partial charge in [-0.2, -0.15) is 0 Å². The number of esters is 4. The number of methoxy groups -OCH3 is 1. The highest BCUT2D eigenvalue weighted by Crippen LogP contribution is 2.66. The summed E-state index contributed by atoms with van der Waals surface area (Å²) in [7, 11) is 1.21. The van der Waals surface area contributed by atoms with Crippen LogP contribution in [0, 0.1) is 17.3 Å². The first-order chi connectivity index (χ1) is 25.2. The Kier molecular flexibility index (Phi) is 10.9. The Hall–Kier alpha value is -5.29. The van der Waals surface area contributed by atoms with E-state index in [1.165, 1.54) is 12.0 Å². The lowest BCUT2D eigenvalue weighted by atomic mass is 9.63. The highest BCUT2D eigenvalue weighted by atomic mass is 79.9. The van der Waals surface area contributed by atoms with Gasteiger partial charge in [0.2, 0.25) is 5.91 Å². The van der Waals surface area contributed by atoms with Gasteiger partial charge >= 0.3 is 23.9 Å². The third-order valence-corrected chi connectivity index (χ3v) is 10.4. The quantitative estimate of drug-likeness (QED) is 0.0907. The molecule has 1 aliphatic carbocycles. The van der Waals surface area contributed by atoms with Crippen molar-refractivity contribution in [3.05, 3.63) is 136 Å². The van der Waals surface area contributed by atoms with E-state index in [4.69, 9.17) is 18.9 Å². The van der Waals surface area contributed by atoms with Crippen LogP contribution in [-0.2, 0) is 68.1 Å². The van der Waals surface area contributed by atoms with E-state index < -0.39 is 65.3 Å². The zero-order chi connectivity index (χ0) is 36.9. The Morgan fingerprint density at radius 3 is 1.83 bits per heavy atom. The van der Waals surface area contributed by atoms with E-state index in [2.05, 4.69) is 15.9 Å². The van der Waals surface area contributed by atoms with Gasteiger partial charge in [-0.1, -0.05) is 107 Å². The molecule has 2 aliphatic rings. The van der Waals surface area contributed by atoms with Gasteiger partial charge in [0.25, 0.3) is 0 Å². The first-order valence-electron chi connectivity index (χ1n) is 17.0. The summed E-state index contributed by atoms with van der Waals surface area (Å²) in [6.45, 7) is 1.13. The molecule has 0 saturated heterocycles. The zero-order valence-electron chi connectivity index (χ0n) is 28.8. The van der Waals surface area contributed by atoms with Crippen LogP contribution < -0.4 is 4.90 Å². The fraction of sp³-hybridized carbons (Fsp3) is 0.293. The number of carbonyl (C=O) groups is 5. The average Bonchev–Trinajstić information content (AvgIpc) is 3.60. The largest absolute Gasteiger partial charge is 0.469 e. The molecule has 1 heterocycles. The molecule has 3 atom stereocenters. The summed E-state index contributed by atoms with van der Waals surface area (Å²) in [5, 5.41) is 0. The van der Waals surface area contributed by atoms with Crippen LogP contribution in [0.1, 0.15) is 42.0 Å². The predicted molar refractivity (Wildman–Crippen MR) is 193 cm³/mol. The maximum atomic E-state index is 15.4. The Bertz CT molecular complexity index is 1900. The number of ether oxygens (including phenoxy) is 4. The number of rotatable bonds is 12. The van der Waals surface area contributed by atoms with Gasteiger partial charge in [0, 0.05) is 16.6 Å². The van der Waals surface area contributed by atoms with E-state index in [1.54, 1.807) is 73.7 Å². The van der Waals surface area contributed by atoms with Crippen molar-refractivity contribution in [2.45, 2.75) is 44.9 Å². The molecule has 11 heteroatoms. The Morgan fingerprint density at radius 2 is 1.31 bits per heavy atom. The van der Waals surface area contributed by atoms with Crippen molar-refractivity contribution in [2.24, 2.45) is 17.3 Å². The second-order valence-electron chi connectivity index (χ2n) is 12.9. The molecule has 0 unspecified atom stereocenters. The molecule has 10 nitrogen and oxygen atoms in total. The van der Waals surface area contributed by atoms with Gasteiger partial charge in [-0.25, -0.2) is 0 Å². The summed E-state index contributed by atoms with van der Waals surface area (Å²) >= 11 is 3.54. The molecule has 1 amide bonds. The van der Waals surface area contributed by atoms with Crippen LogP contribution in [0.25, 0.3) is 0 Å². The molecule has 0 bridgehead atoms. The van der Waals surface area contributed by atoms with Gasteiger partial charge in [0.05, 0.1) is 25.7 Å². The Morgan fingerprint density at radius 1 is 0.769 bits per heavy atom. The van der Waals surface area contributed by atoms with Crippen molar-refractivity contribution >= 4 is 51.4 Å². The van der Waals surface area contributed by atoms with Crippen LogP contribution in [0.15, 0.2) is 114 Å². The van der Waals surface area contributed by atoms with Gasteiger partial charge in [-0.05, 0) is 59.7 Å². The lowest BCUT2D eigenvalue weighted by Gasteiger charge is -2.37. The summed E-state index contributed by atoms with van der Waals surface area (Å²) in [4.78, 5) is 74.5. The number of halogens is 1. The fourth-order valence-corrected chi connectivity index (χ4v) is 8.09. The second kappa shape index (κ2) is 15.5. The normalized spacial score (nSPS) is 19.9. The smallest absolute Gasteiger partial charge is 0.324 e. The van der Waals surface area contributed by atoms with Gasteiger partial charge in [0.15, 0.2) is 5.41 Å². The molecule has 0 N–H and O–H groups in total. The number of hydrogen-bond donors (Lipinski definition) is 0. The molecule has 1 fully saturated rings. The lowest BCUT2D eigenvalue weighted by Crippen LogP contribution is -2.56. The van der Waals surface area contributed by atoms with Crippen LogP contribution in [0.3, 0.4) is 0 Å². The van der Waals surface area contributed by atoms with E-state index in [0.717, 1.165) is 5.56 Å². The third-order valence-electron chi connectivity index (χ3n) is 9.96. The number of carbonyl (C=O) groups excluding carboxylic acids is 5. The molecule has 0 aromatic heterocycles. The highest BCUT2D eigenvalue weighted by molar-refractivity contribution is 9.10. The minimum absolute atomic E-state index is 0.112. The second-order valence-corrected chi connectivity index (χ2v) is 13.8. The van der Waals surface area contributed by atoms with E-state index in [0.29, 0.717) is 26.9 Å². The first kappa shape index (κ1) is 36.5. The maximum absolute atomic E-state index is 15.4. The summed E-state index contributed by atoms with van der Waals surface area (Å²) in [6, 6.07) is 32.2. The molecule has 6 rings (SSSR count). The summed E-state index contributed by atoms with van der Waals surface area (Å²) in [6.07, 6.45) is -0.841. The molecular formula is C41H38BrNO9. The Balaban J connectivity index is 1.58. The first-order valence-corrected chi connectivity index (χ1v) is 17.8. The molecule has 1 aliphatic heterocycles. The van der Waals surface area contributed by atoms with Crippen LogP contribution in [-0.4, -0.2) is 43.5 Å². The van der Waals surface area contributed by atoms with Crippen LogP contribution in [0.5, 0.6) is 0 Å². The van der Waals surface area contributed by atoms with Crippen molar-refractivity contribution in [3.63, 3.8) is 0 Å². The highest BCUT2D eigenvalue weighted by Gasteiger charge is 2.78. The number of amides is 1. The molecule has 1 saturated carbocycles. The molecular weight excluding hydrogens is 730 g/mol. The number of anilines is 1. The predicted octanol–water partition coefficient (Wildman–Crippen LogP) is 6.47. The molecule has 0 radical (unpaired) electrons. The molecule has 4 aromatic rings. The Labute approximate surface area is 310 Å². The van der Waals surface area contributed by atoms with Gasteiger partial charge in [-0.3, -0.25) is 24.0 Å². The van der Waals surface area contributed by atoms with E-state index in [9.17, 15) is 19.2 Å². The number of fused-ring (bicyclic) bond motifs is 2. The number of hydrogen-bond acceptors (Lipinski definition) is 9. The monoisotopic (exact) mass is 767 g/mol. The van der Waals surface area contributed by atoms with Crippen LogP contribution in [0.4, 0.5) is 5.69 Å². The van der Waals surface area contributed by atoms with E-state index in [-0.39, 0.29) is 26.4 Å². The van der Waals surface area contributed by atoms with Gasteiger partial charge in [-0.15, -0.1) is 0 Å². The van der Waals surface area contributed by atoms with E-state index >= 15 is 4.79 Å². The topological polar surface area (TPSA) is 126 Å². The average molecular weight is 769 g/mol. The van der Waals surface area contributed by atoms with Gasteiger partial charge < -0.3 is 23.8 Å². The summed E-state index contributed by atoms with van der Waals surface area (Å²) in [5.41, 5.74) is -1.47. The fourth-order valence-electron chi connectivity index (χ4n) is 7.73. The lowest BCUT2D eigenvalue weighted by molar-refractivity contribution is -0.185. The summed E-state index contributed by atoms with van der Waals surface area (Å²) in [5.74, 6) is -7.25. The minimum Gasteiger partial charge on any atom is -0.469 e. The minimum atomic E-state index is -2.41. The van der Waals surface area contributed by atoms with Crippen molar-refractivity contribution in [1.29, 1.82) is 0 Å². The van der Waals surface area contributed by atoms with Crippen molar-refractivity contribution in [1.82, 2.24) is 0 Å². The van der Waals surface area contributed by atoms with Gasteiger partial charge in [0.1, 0.15) is 19.1 Å². The van der Waals surface area contributed by atoms with Crippen LogP contribution >= 0.6 is 15.9 Å². The molecule has 268 valence electrons. The maximum Gasteiger partial charge on any atom is 0.324 e. The van der Waals surface area contributed by atoms with Crippen LogP contribution in [0.2, 0.25) is 0 Å². The van der Waals surface area contributed by atoms with Crippen molar-refractivity contribution in [3.8, 4) is 0 Å². The van der Waals surface area contributed by atoms with Crippen molar-refractivity contribution < 1.29 is 42.9 Å². The molecule has 52 heavy (non-hydrogen) atoms. The molecule has 4 aromatic carbocycles. The van der Waals surface area contributed by atoms with E-state index in [1.807, 2.05) is 42.5 Å².